The molecule has 2 rings (SSSR count). The SMILES string of the molecule is CCc1ccc(C(C)NC(=O)COC(=O)c2ccccc2C(F)(F)F)cc1. The first-order chi connectivity index (χ1) is 12.7. The monoisotopic (exact) mass is 379 g/mol. The molecule has 2 aromatic carbocycles. The summed E-state index contributed by atoms with van der Waals surface area (Å²) in [6, 6.07) is 11.6. The average molecular weight is 379 g/mol. The lowest BCUT2D eigenvalue weighted by Crippen LogP contribution is -2.31. The number of amides is 1. The number of aryl methyl sites for hydroxylation is 1. The van der Waals surface area contributed by atoms with Gasteiger partial charge in [0.05, 0.1) is 17.2 Å². The molecule has 4 nitrogen and oxygen atoms in total. The third-order valence-corrected chi connectivity index (χ3v) is 4.05. The van der Waals surface area contributed by atoms with Gasteiger partial charge >= 0.3 is 12.1 Å². The number of benzene rings is 2. The number of hydrogen-bond acceptors (Lipinski definition) is 3. The van der Waals surface area contributed by atoms with E-state index >= 15 is 0 Å². The maximum atomic E-state index is 12.9. The highest BCUT2D eigenvalue weighted by Gasteiger charge is 2.35. The fourth-order valence-electron chi connectivity index (χ4n) is 2.53. The molecule has 0 bridgehead atoms. The first-order valence-corrected chi connectivity index (χ1v) is 8.44. The molecule has 0 aliphatic carbocycles. The Hall–Kier alpha value is -2.83. The van der Waals surface area contributed by atoms with Crippen molar-refractivity contribution in [1.82, 2.24) is 5.32 Å². The van der Waals surface area contributed by atoms with Gasteiger partial charge in [0.1, 0.15) is 0 Å². The van der Waals surface area contributed by atoms with Gasteiger partial charge in [-0.1, -0.05) is 43.3 Å². The normalized spacial score (nSPS) is 12.3. The Morgan fingerprint density at radius 2 is 1.70 bits per heavy atom. The fraction of sp³-hybridized carbons (Fsp3) is 0.300. The summed E-state index contributed by atoms with van der Waals surface area (Å²) in [5, 5.41) is 2.65. The number of nitrogens with one attached hydrogen (secondary N) is 1. The van der Waals surface area contributed by atoms with Gasteiger partial charge in [-0.3, -0.25) is 4.79 Å². The standard InChI is InChI=1S/C20H20F3NO3/c1-3-14-8-10-15(11-9-14)13(2)24-18(25)12-27-19(26)16-6-4-5-7-17(16)20(21,22)23/h4-11,13H,3,12H2,1-2H3,(H,24,25). The van der Waals surface area contributed by atoms with Crippen LogP contribution < -0.4 is 5.32 Å². The number of esters is 1. The third kappa shape index (κ3) is 5.57. The highest BCUT2D eigenvalue weighted by molar-refractivity contribution is 5.93. The first-order valence-electron chi connectivity index (χ1n) is 8.44. The quantitative estimate of drug-likeness (QED) is 0.762. The average Bonchev–Trinajstić information content (AvgIpc) is 2.65. The summed E-state index contributed by atoms with van der Waals surface area (Å²) in [5.74, 6) is -1.79. The van der Waals surface area contributed by atoms with E-state index in [1.54, 1.807) is 6.92 Å². The van der Waals surface area contributed by atoms with Crippen molar-refractivity contribution in [2.45, 2.75) is 32.5 Å². The predicted octanol–water partition coefficient (Wildman–Crippen LogP) is 4.30. The summed E-state index contributed by atoms with van der Waals surface area (Å²) >= 11 is 0. The van der Waals surface area contributed by atoms with Crippen LogP contribution in [0.2, 0.25) is 0 Å². The minimum absolute atomic E-state index is 0.329. The van der Waals surface area contributed by atoms with Crippen molar-refractivity contribution >= 4 is 11.9 Å². The van der Waals surface area contributed by atoms with Crippen LogP contribution >= 0.6 is 0 Å². The summed E-state index contributed by atoms with van der Waals surface area (Å²) < 4.78 is 43.6. The van der Waals surface area contributed by atoms with E-state index in [1.165, 1.54) is 12.1 Å². The molecule has 0 fully saturated rings. The minimum atomic E-state index is -4.68. The molecule has 0 saturated carbocycles. The van der Waals surface area contributed by atoms with Crippen LogP contribution in [0.5, 0.6) is 0 Å². The van der Waals surface area contributed by atoms with Gasteiger partial charge in [-0.15, -0.1) is 0 Å². The van der Waals surface area contributed by atoms with Crippen LogP contribution in [0, 0.1) is 0 Å². The number of rotatable bonds is 6. The summed E-state index contributed by atoms with van der Waals surface area (Å²) in [7, 11) is 0. The number of alkyl halides is 3. The van der Waals surface area contributed by atoms with Gasteiger partial charge in [0.15, 0.2) is 6.61 Å². The van der Waals surface area contributed by atoms with Crippen molar-refractivity contribution < 1.29 is 27.5 Å². The Kier molecular flexibility index (Phi) is 6.60. The van der Waals surface area contributed by atoms with E-state index in [9.17, 15) is 22.8 Å². The molecule has 0 saturated heterocycles. The number of hydrogen-bond donors (Lipinski definition) is 1. The van der Waals surface area contributed by atoms with Gasteiger partial charge in [-0.2, -0.15) is 13.2 Å². The van der Waals surface area contributed by atoms with Crippen LogP contribution in [0.1, 0.15) is 46.9 Å². The summed E-state index contributed by atoms with van der Waals surface area (Å²) in [6.07, 6.45) is -3.78. The topological polar surface area (TPSA) is 55.4 Å². The van der Waals surface area contributed by atoms with Gasteiger partial charge in [0.2, 0.25) is 0 Å². The molecule has 7 heteroatoms. The van der Waals surface area contributed by atoms with Crippen LogP contribution in [0.3, 0.4) is 0 Å². The zero-order chi connectivity index (χ0) is 20.0. The zero-order valence-electron chi connectivity index (χ0n) is 15.0. The van der Waals surface area contributed by atoms with Crippen LogP contribution in [0.4, 0.5) is 13.2 Å². The van der Waals surface area contributed by atoms with Crippen LogP contribution in [-0.4, -0.2) is 18.5 Å². The van der Waals surface area contributed by atoms with E-state index in [-0.39, 0.29) is 6.04 Å². The Balaban J connectivity index is 1.94. The van der Waals surface area contributed by atoms with Crippen LogP contribution in [0.15, 0.2) is 48.5 Å². The smallest absolute Gasteiger partial charge is 0.417 e. The van der Waals surface area contributed by atoms with Gasteiger partial charge in [0, 0.05) is 0 Å². The Morgan fingerprint density at radius 1 is 1.07 bits per heavy atom. The molecule has 1 atom stereocenters. The molecule has 1 amide bonds. The number of ether oxygens (including phenoxy) is 1. The molecular formula is C20H20F3NO3. The van der Waals surface area contributed by atoms with Crippen molar-refractivity contribution in [3.63, 3.8) is 0 Å². The molecule has 0 aromatic heterocycles. The van der Waals surface area contributed by atoms with Crippen molar-refractivity contribution in [3.8, 4) is 0 Å². The molecule has 0 aliphatic heterocycles. The molecule has 2 aromatic rings. The Morgan fingerprint density at radius 3 is 2.30 bits per heavy atom. The second-order valence-corrected chi connectivity index (χ2v) is 6.00. The van der Waals surface area contributed by atoms with E-state index in [0.717, 1.165) is 29.7 Å². The molecule has 0 heterocycles. The molecule has 1 N–H and O–H groups in total. The lowest BCUT2D eigenvalue weighted by atomic mass is 10.1. The van der Waals surface area contributed by atoms with E-state index in [2.05, 4.69) is 5.32 Å². The summed E-state index contributed by atoms with van der Waals surface area (Å²) in [4.78, 5) is 23.9. The highest BCUT2D eigenvalue weighted by atomic mass is 19.4. The third-order valence-electron chi connectivity index (χ3n) is 4.05. The Bertz CT molecular complexity index is 801. The van der Waals surface area contributed by atoms with Crippen molar-refractivity contribution in [3.05, 3.63) is 70.8 Å². The number of carbonyl (C=O) groups is 2. The van der Waals surface area contributed by atoms with Crippen LogP contribution in [-0.2, 0) is 22.1 Å². The first kappa shape index (κ1) is 20.5. The molecule has 0 aliphatic rings. The molecule has 144 valence electrons. The predicted molar refractivity (Wildman–Crippen MR) is 94.1 cm³/mol. The maximum absolute atomic E-state index is 12.9. The van der Waals surface area contributed by atoms with Gasteiger partial charge < -0.3 is 10.1 Å². The lowest BCUT2D eigenvalue weighted by Gasteiger charge is -2.15. The molecule has 0 spiro atoms. The van der Waals surface area contributed by atoms with Crippen LogP contribution in [0.25, 0.3) is 0 Å². The van der Waals surface area contributed by atoms with Crippen molar-refractivity contribution in [2.75, 3.05) is 6.61 Å². The van der Waals surface area contributed by atoms with E-state index in [0.29, 0.717) is 0 Å². The summed E-state index contributed by atoms with van der Waals surface area (Å²) in [5.41, 5.74) is 0.310. The summed E-state index contributed by atoms with van der Waals surface area (Å²) in [6.45, 7) is 3.13. The number of halogens is 3. The second-order valence-electron chi connectivity index (χ2n) is 6.00. The molecule has 1 unspecified atom stereocenters. The lowest BCUT2D eigenvalue weighted by molar-refractivity contribution is -0.138. The molecule has 27 heavy (non-hydrogen) atoms. The van der Waals surface area contributed by atoms with Gasteiger partial charge in [-0.25, -0.2) is 4.79 Å². The van der Waals surface area contributed by atoms with E-state index in [4.69, 9.17) is 4.74 Å². The van der Waals surface area contributed by atoms with Crippen molar-refractivity contribution in [1.29, 1.82) is 0 Å². The molecular weight excluding hydrogens is 359 g/mol. The maximum Gasteiger partial charge on any atom is 0.417 e. The highest BCUT2D eigenvalue weighted by Crippen LogP contribution is 2.32. The minimum Gasteiger partial charge on any atom is -0.452 e. The van der Waals surface area contributed by atoms with E-state index in [1.807, 2.05) is 31.2 Å². The van der Waals surface area contributed by atoms with E-state index < -0.39 is 35.8 Å². The second kappa shape index (κ2) is 8.70. The van der Waals surface area contributed by atoms with Gasteiger partial charge in [0.25, 0.3) is 5.91 Å². The number of carbonyl (C=O) groups excluding carboxylic acids is 2. The van der Waals surface area contributed by atoms with Crippen molar-refractivity contribution in [2.24, 2.45) is 0 Å². The van der Waals surface area contributed by atoms with Gasteiger partial charge in [-0.05, 0) is 36.6 Å². The largest absolute Gasteiger partial charge is 0.452 e. The molecule has 0 radical (unpaired) electrons. The fourth-order valence-corrected chi connectivity index (χ4v) is 2.53. The zero-order valence-corrected chi connectivity index (χ0v) is 15.0. The Labute approximate surface area is 155 Å².